The Morgan fingerprint density at radius 1 is 1.60 bits per heavy atom. The fourth-order valence-electron chi connectivity index (χ4n) is 2.06. The molecule has 0 saturated carbocycles. The first-order valence-electron chi connectivity index (χ1n) is 5.61. The molecule has 1 aliphatic heterocycles. The summed E-state index contributed by atoms with van der Waals surface area (Å²) in [6.07, 6.45) is 1.01. The van der Waals surface area contributed by atoms with Crippen LogP contribution in [0, 0.1) is 5.92 Å². The number of carboxylic acid groups (broad SMARTS) is 1. The largest absolute Gasteiger partial charge is 0.481 e. The zero-order valence-corrected chi connectivity index (χ0v) is 9.77. The lowest BCUT2D eigenvalue weighted by Gasteiger charge is -2.23. The quantitative estimate of drug-likeness (QED) is 0.749. The van der Waals surface area contributed by atoms with Gasteiger partial charge in [-0.15, -0.1) is 0 Å². The van der Waals surface area contributed by atoms with Crippen LogP contribution in [0.1, 0.15) is 27.2 Å². The third-order valence-corrected chi connectivity index (χ3v) is 3.03. The van der Waals surface area contributed by atoms with E-state index in [9.17, 15) is 4.79 Å². The van der Waals surface area contributed by atoms with Gasteiger partial charge in [0.05, 0.1) is 18.6 Å². The van der Waals surface area contributed by atoms with Crippen molar-refractivity contribution in [2.75, 3.05) is 19.7 Å². The molecule has 1 aliphatic rings. The Bertz CT molecular complexity index is 218. The van der Waals surface area contributed by atoms with E-state index in [2.05, 4.69) is 4.90 Å². The second kappa shape index (κ2) is 5.47. The topological polar surface area (TPSA) is 49.8 Å². The van der Waals surface area contributed by atoms with Crippen LogP contribution in [0.25, 0.3) is 0 Å². The summed E-state index contributed by atoms with van der Waals surface area (Å²) in [5, 5.41) is 8.96. The van der Waals surface area contributed by atoms with Crippen LogP contribution in [0.2, 0.25) is 0 Å². The molecule has 0 aliphatic carbocycles. The molecular weight excluding hydrogens is 194 g/mol. The molecule has 1 rings (SSSR count). The zero-order valence-electron chi connectivity index (χ0n) is 9.77. The van der Waals surface area contributed by atoms with Gasteiger partial charge in [0, 0.05) is 12.6 Å². The lowest BCUT2D eigenvalue weighted by atomic mass is 10.0. The van der Waals surface area contributed by atoms with Crippen LogP contribution in [-0.2, 0) is 9.53 Å². The van der Waals surface area contributed by atoms with Gasteiger partial charge in [-0.2, -0.15) is 0 Å². The summed E-state index contributed by atoms with van der Waals surface area (Å²) in [4.78, 5) is 13.1. The highest BCUT2D eigenvalue weighted by Crippen LogP contribution is 2.23. The van der Waals surface area contributed by atoms with Crippen molar-refractivity contribution in [2.24, 2.45) is 5.92 Å². The lowest BCUT2D eigenvalue weighted by molar-refractivity contribution is -0.142. The molecule has 0 radical (unpaired) electrons. The number of hydrogen-bond donors (Lipinski definition) is 1. The minimum atomic E-state index is -0.672. The first kappa shape index (κ1) is 12.5. The van der Waals surface area contributed by atoms with Crippen molar-refractivity contribution in [1.82, 2.24) is 4.90 Å². The molecule has 88 valence electrons. The van der Waals surface area contributed by atoms with Gasteiger partial charge >= 0.3 is 5.97 Å². The fourth-order valence-corrected chi connectivity index (χ4v) is 2.06. The van der Waals surface area contributed by atoms with Gasteiger partial charge in [0.1, 0.15) is 0 Å². The zero-order chi connectivity index (χ0) is 11.4. The Labute approximate surface area is 91.2 Å². The number of carbonyl (C=O) groups is 1. The highest BCUT2D eigenvalue weighted by molar-refractivity contribution is 5.71. The Morgan fingerprint density at radius 2 is 2.27 bits per heavy atom. The molecule has 4 heteroatoms. The molecule has 0 aromatic heterocycles. The van der Waals surface area contributed by atoms with Crippen molar-refractivity contribution in [3.63, 3.8) is 0 Å². The van der Waals surface area contributed by atoms with E-state index in [0.717, 1.165) is 19.5 Å². The molecule has 0 aromatic carbocycles. The van der Waals surface area contributed by atoms with E-state index in [1.54, 1.807) is 0 Å². The number of rotatable bonds is 5. The van der Waals surface area contributed by atoms with E-state index in [1.165, 1.54) is 0 Å². The number of likely N-dealkylation sites (tertiary alicyclic amines) is 1. The van der Waals surface area contributed by atoms with Crippen LogP contribution in [0.15, 0.2) is 0 Å². The summed E-state index contributed by atoms with van der Waals surface area (Å²) in [7, 11) is 0. The van der Waals surface area contributed by atoms with Gasteiger partial charge in [-0.25, -0.2) is 0 Å². The molecule has 1 fully saturated rings. The molecule has 1 N–H and O–H groups in total. The Kier molecular flexibility index (Phi) is 4.54. The third-order valence-electron chi connectivity index (χ3n) is 3.03. The van der Waals surface area contributed by atoms with Crippen molar-refractivity contribution in [3.8, 4) is 0 Å². The molecule has 1 saturated heterocycles. The number of carboxylic acids is 1. The van der Waals surface area contributed by atoms with E-state index in [-0.39, 0.29) is 18.1 Å². The molecule has 0 bridgehead atoms. The summed E-state index contributed by atoms with van der Waals surface area (Å²) in [5.41, 5.74) is 0. The molecule has 15 heavy (non-hydrogen) atoms. The first-order chi connectivity index (χ1) is 7.02. The third kappa shape index (κ3) is 3.47. The van der Waals surface area contributed by atoms with Crippen LogP contribution in [-0.4, -0.2) is 47.8 Å². The molecule has 0 aromatic rings. The van der Waals surface area contributed by atoms with Gasteiger partial charge in [-0.05, 0) is 33.7 Å². The van der Waals surface area contributed by atoms with Crippen molar-refractivity contribution < 1.29 is 14.6 Å². The summed E-state index contributed by atoms with van der Waals surface area (Å²) in [5.74, 6) is -0.876. The van der Waals surface area contributed by atoms with Gasteiger partial charge in [0.25, 0.3) is 0 Å². The summed E-state index contributed by atoms with van der Waals surface area (Å²) < 4.78 is 5.46. The Hall–Kier alpha value is -0.610. The number of ether oxygens (including phenoxy) is 1. The monoisotopic (exact) mass is 215 g/mol. The summed E-state index contributed by atoms with van der Waals surface area (Å²) in [6.45, 7) is 8.40. The van der Waals surface area contributed by atoms with Crippen molar-refractivity contribution in [2.45, 2.75) is 39.3 Å². The van der Waals surface area contributed by atoms with Crippen LogP contribution in [0.5, 0.6) is 0 Å². The second-order valence-electron chi connectivity index (χ2n) is 4.43. The van der Waals surface area contributed by atoms with Gasteiger partial charge in [0.15, 0.2) is 0 Å². The van der Waals surface area contributed by atoms with Gasteiger partial charge < -0.3 is 9.84 Å². The van der Waals surface area contributed by atoms with Gasteiger partial charge in [-0.1, -0.05) is 0 Å². The van der Waals surface area contributed by atoms with E-state index in [4.69, 9.17) is 9.84 Å². The molecule has 2 atom stereocenters. The molecule has 4 nitrogen and oxygen atoms in total. The summed E-state index contributed by atoms with van der Waals surface area (Å²) in [6, 6.07) is 0.137. The molecule has 2 unspecified atom stereocenters. The van der Waals surface area contributed by atoms with Crippen LogP contribution in [0.3, 0.4) is 0 Å². The van der Waals surface area contributed by atoms with E-state index in [1.807, 2.05) is 20.8 Å². The second-order valence-corrected chi connectivity index (χ2v) is 4.43. The van der Waals surface area contributed by atoms with Crippen LogP contribution in [0.4, 0.5) is 0 Å². The predicted molar refractivity (Wildman–Crippen MR) is 57.9 cm³/mol. The van der Waals surface area contributed by atoms with E-state index in [0.29, 0.717) is 6.61 Å². The van der Waals surface area contributed by atoms with Crippen molar-refractivity contribution in [1.29, 1.82) is 0 Å². The van der Waals surface area contributed by atoms with Crippen LogP contribution >= 0.6 is 0 Å². The lowest BCUT2D eigenvalue weighted by Crippen LogP contribution is -2.35. The minimum absolute atomic E-state index is 0.137. The molecule has 1 heterocycles. The average Bonchev–Trinajstić information content (AvgIpc) is 2.47. The van der Waals surface area contributed by atoms with Crippen molar-refractivity contribution in [3.05, 3.63) is 0 Å². The Morgan fingerprint density at radius 3 is 2.73 bits per heavy atom. The van der Waals surface area contributed by atoms with Crippen LogP contribution < -0.4 is 0 Å². The van der Waals surface area contributed by atoms with Crippen molar-refractivity contribution >= 4 is 5.97 Å². The predicted octanol–water partition coefficient (Wildman–Crippen LogP) is 1.21. The number of nitrogens with zero attached hydrogens (tertiary/aromatic N) is 1. The SMILES string of the molecule is CC(C)OCCN1CCC(C(=O)O)C1C. The minimum Gasteiger partial charge on any atom is -0.481 e. The summed E-state index contributed by atoms with van der Waals surface area (Å²) >= 11 is 0. The standard InChI is InChI=1S/C11H21NO3/c1-8(2)15-7-6-12-5-4-10(9(12)3)11(13)14/h8-10H,4-7H2,1-3H3,(H,13,14). The van der Waals surface area contributed by atoms with Gasteiger partial charge in [-0.3, -0.25) is 9.69 Å². The normalized spacial score (nSPS) is 27.5. The Balaban J connectivity index is 2.30. The molecule has 0 spiro atoms. The average molecular weight is 215 g/mol. The fraction of sp³-hybridized carbons (Fsp3) is 0.909. The molecule has 0 amide bonds. The van der Waals surface area contributed by atoms with E-state index >= 15 is 0 Å². The smallest absolute Gasteiger partial charge is 0.308 e. The van der Waals surface area contributed by atoms with Gasteiger partial charge in [0.2, 0.25) is 0 Å². The number of aliphatic carboxylic acids is 1. The maximum atomic E-state index is 10.9. The molecular formula is C11H21NO3. The maximum absolute atomic E-state index is 10.9. The highest BCUT2D eigenvalue weighted by atomic mass is 16.5. The van der Waals surface area contributed by atoms with E-state index < -0.39 is 5.97 Å². The number of hydrogen-bond acceptors (Lipinski definition) is 3. The maximum Gasteiger partial charge on any atom is 0.308 e. The first-order valence-corrected chi connectivity index (χ1v) is 5.61. The highest BCUT2D eigenvalue weighted by Gasteiger charge is 2.34.